The smallest absolute Gasteiger partial charge is 0.0701 e. The molecular formula is C30H60N2O12. The highest BCUT2D eigenvalue weighted by Crippen LogP contribution is 1.95. The minimum absolute atomic E-state index is 0.552. The molecule has 0 bridgehead atoms. The fourth-order valence-electron chi connectivity index (χ4n) is 4.12. The van der Waals surface area contributed by atoms with Crippen LogP contribution in [0.5, 0.6) is 0 Å². The summed E-state index contributed by atoms with van der Waals surface area (Å²) in [5, 5.41) is 0. The molecule has 2 fully saturated rings. The lowest BCUT2D eigenvalue weighted by Gasteiger charge is -2.23. The second kappa shape index (κ2) is 32.4. The van der Waals surface area contributed by atoms with Crippen LogP contribution in [0.3, 0.4) is 0 Å². The van der Waals surface area contributed by atoms with Gasteiger partial charge in [-0.15, -0.1) is 0 Å². The van der Waals surface area contributed by atoms with Crippen molar-refractivity contribution in [2.45, 2.75) is 0 Å². The van der Waals surface area contributed by atoms with Gasteiger partial charge in [0.25, 0.3) is 0 Å². The fourth-order valence-corrected chi connectivity index (χ4v) is 4.12. The average Bonchev–Trinajstić information content (AvgIpc) is 3.03. The Labute approximate surface area is 264 Å². The van der Waals surface area contributed by atoms with E-state index in [1.54, 1.807) is 0 Å². The molecule has 14 heteroatoms. The zero-order valence-electron chi connectivity index (χ0n) is 27.0. The zero-order chi connectivity index (χ0) is 30.9. The lowest BCUT2D eigenvalue weighted by Crippen LogP contribution is -2.35. The summed E-state index contributed by atoms with van der Waals surface area (Å²) in [7, 11) is 0. The van der Waals surface area contributed by atoms with Gasteiger partial charge in [-0.05, 0) is 0 Å². The summed E-state index contributed by atoms with van der Waals surface area (Å²) in [4.78, 5) is 4.59. The van der Waals surface area contributed by atoms with Gasteiger partial charge in [0.05, 0.1) is 159 Å². The standard InChI is InChI=1S/C30H60N2O12/c1(31-3-9-35-15-19-39-23-27-43-28-24-40-20-16-36-10-4-31)7-33-13-14-34-8-2-32-5-11-37-17-21-41-25-29-44-30-26-42-22-18-38-12-6-32/h1-30H2. The topological polar surface area (TPSA) is 117 Å². The second-order valence-electron chi connectivity index (χ2n) is 10.0. The van der Waals surface area contributed by atoms with Gasteiger partial charge in [-0.25, -0.2) is 0 Å². The highest BCUT2D eigenvalue weighted by Gasteiger charge is 2.08. The number of hydrogen-bond acceptors (Lipinski definition) is 14. The molecule has 0 unspecified atom stereocenters. The minimum atomic E-state index is 0.552. The van der Waals surface area contributed by atoms with E-state index in [2.05, 4.69) is 9.80 Å². The molecule has 0 aromatic carbocycles. The molecule has 0 radical (unpaired) electrons. The van der Waals surface area contributed by atoms with Crippen LogP contribution in [0.4, 0.5) is 0 Å². The number of hydrogen-bond donors (Lipinski definition) is 0. The van der Waals surface area contributed by atoms with E-state index in [-0.39, 0.29) is 0 Å². The van der Waals surface area contributed by atoms with Gasteiger partial charge in [0, 0.05) is 39.3 Å². The number of nitrogens with zero attached hydrogens (tertiary/aromatic N) is 2. The molecule has 14 nitrogen and oxygen atoms in total. The molecule has 0 saturated carbocycles. The molecule has 2 saturated heterocycles. The Morgan fingerprint density at radius 1 is 0.273 bits per heavy atom. The van der Waals surface area contributed by atoms with Gasteiger partial charge in [-0.2, -0.15) is 0 Å². The molecule has 0 amide bonds. The van der Waals surface area contributed by atoms with Crippen LogP contribution < -0.4 is 0 Å². The molecule has 2 rings (SSSR count). The van der Waals surface area contributed by atoms with Gasteiger partial charge in [0.1, 0.15) is 0 Å². The zero-order valence-corrected chi connectivity index (χ0v) is 27.0. The molecule has 0 spiro atoms. The predicted octanol–water partition coefficient (Wildman–Crippen LogP) is -0.183. The average molecular weight is 641 g/mol. The Morgan fingerprint density at radius 2 is 0.477 bits per heavy atom. The highest BCUT2D eigenvalue weighted by atomic mass is 16.6. The van der Waals surface area contributed by atoms with Crippen LogP contribution in [0.15, 0.2) is 0 Å². The molecule has 0 aliphatic carbocycles. The van der Waals surface area contributed by atoms with Crippen LogP contribution in [-0.4, -0.2) is 208 Å². The van der Waals surface area contributed by atoms with Crippen LogP contribution in [0, 0.1) is 0 Å². The van der Waals surface area contributed by atoms with E-state index in [0.29, 0.717) is 159 Å². The summed E-state index contributed by atoms with van der Waals surface area (Å²) in [6.07, 6.45) is 0. The Bertz CT molecular complexity index is 500. The summed E-state index contributed by atoms with van der Waals surface area (Å²) in [6, 6.07) is 0. The molecule has 0 N–H and O–H groups in total. The second-order valence-corrected chi connectivity index (χ2v) is 10.0. The van der Waals surface area contributed by atoms with Crippen molar-refractivity contribution in [3.63, 3.8) is 0 Å². The van der Waals surface area contributed by atoms with Crippen molar-refractivity contribution in [1.29, 1.82) is 0 Å². The molecule has 2 heterocycles. The molecule has 2 aliphatic rings. The first-order valence-electron chi connectivity index (χ1n) is 16.3. The summed E-state index contributed by atoms with van der Waals surface area (Å²) < 4.78 is 67.7. The van der Waals surface area contributed by atoms with Gasteiger partial charge >= 0.3 is 0 Å². The maximum absolute atomic E-state index is 5.86. The van der Waals surface area contributed by atoms with Crippen LogP contribution >= 0.6 is 0 Å². The quantitative estimate of drug-likeness (QED) is 0.310. The Balaban J connectivity index is 1.55. The van der Waals surface area contributed by atoms with E-state index in [0.717, 1.165) is 39.3 Å². The maximum atomic E-state index is 5.86. The van der Waals surface area contributed by atoms with E-state index in [9.17, 15) is 0 Å². The van der Waals surface area contributed by atoms with Gasteiger partial charge in [0.2, 0.25) is 0 Å². The Kier molecular flexibility index (Phi) is 29.2. The lowest BCUT2D eigenvalue weighted by molar-refractivity contribution is -0.0225. The third-order valence-corrected chi connectivity index (χ3v) is 6.66. The van der Waals surface area contributed by atoms with Crippen molar-refractivity contribution in [3.8, 4) is 0 Å². The minimum Gasteiger partial charge on any atom is -0.378 e. The van der Waals surface area contributed by atoms with E-state index >= 15 is 0 Å². The first-order valence-corrected chi connectivity index (χ1v) is 16.3. The number of ether oxygens (including phenoxy) is 12. The van der Waals surface area contributed by atoms with Crippen molar-refractivity contribution in [2.75, 3.05) is 198 Å². The summed E-state index contributed by atoms with van der Waals surface area (Å²) in [5.74, 6) is 0. The summed E-state index contributed by atoms with van der Waals surface area (Å²) in [5.41, 5.74) is 0. The molecular weight excluding hydrogens is 580 g/mol. The van der Waals surface area contributed by atoms with E-state index in [1.807, 2.05) is 0 Å². The first-order chi connectivity index (χ1) is 21.9. The van der Waals surface area contributed by atoms with Crippen LogP contribution in [-0.2, 0) is 56.8 Å². The van der Waals surface area contributed by atoms with Gasteiger partial charge in [-0.3, -0.25) is 9.80 Å². The van der Waals surface area contributed by atoms with Crippen LogP contribution in [0.1, 0.15) is 0 Å². The lowest BCUT2D eigenvalue weighted by atomic mass is 10.4. The van der Waals surface area contributed by atoms with E-state index in [4.69, 9.17) is 56.8 Å². The number of rotatable bonds is 9. The third-order valence-electron chi connectivity index (χ3n) is 6.66. The maximum Gasteiger partial charge on any atom is 0.0701 e. The van der Waals surface area contributed by atoms with Crippen molar-refractivity contribution in [1.82, 2.24) is 9.80 Å². The summed E-state index contributed by atoms with van der Waals surface area (Å²) in [6.45, 7) is 18.7. The fraction of sp³-hybridized carbons (Fsp3) is 1.00. The molecule has 2 aliphatic heterocycles. The molecule has 262 valence electrons. The first kappa shape index (κ1) is 39.6. The predicted molar refractivity (Wildman–Crippen MR) is 163 cm³/mol. The molecule has 0 aromatic rings. The van der Waals surface area contributed by atoms with Crippen LogP contribution in [0.25, 0.3) is 0 Å². The van der Waals surface area contributed by atoms with Crippen molar-refractivity contribution in [3.05, 3.63) is 0 Å². The largest absolute Gasteiger partial charge is 0.378 e. The van der Waals surface area contributed by atoms with Crippen molar-refractivity contribution >= 4 is 0 Å². The monoisotopic (exact) mass is 640 g/mol. The Hall–Kier alpha value is -0.560. The van der Waals surface area contributed by atoms with Gasteiger partial charge < -0.3 is 56.8 Å². The molecule has 0 atom stereocenters. The molecule has 0 aromatic heterocycles. The van der Waals surface area contributed by atoms with E-state index in [1.165, 1.54) is 0 Å². The highest BCUT2D eigenvalue weighted by molar-refractivity contribution is 4.59. The SMILES string of the molecule is C1COCCOCCN(CCOCCOCCN2CCOCCOCCOCCOCCOCC2)CCOCCOCCO1. The van der Waals surface area contributed by atoms with Crippen molar-refractivity contribution < 1.29 is 56.8 Å². The Morgan fingerprint density at radius 3 is 0.705 bits per heavy atom. The van der Waals surface area contributed by atoms with Crippen LogP contribution in [0.2, 0.25) is 0 Å². The summed E-state index contributed by atoms with van der Waals surface area (Å²) >= 11 is 0. The van der Waals surface area contributed by atoms with Gasteiger partial charge in [-0.1, -0.05) is 0 Å². The normalized spacial score (nSPS) is 23.2. The third kappa shape index (κ3) is 26.6. The van der Waals surface area contributed by atoms with E-state index < -0.39 is 0 Å². The van der Waals surface area contributed by atoms with Crippen molar-refractivity contribution in [2.24, 2.45) is 0 Å². The molecule has 44 heavy (non-hydrogen) atoms. The van der Waals surface area contributed by atoms with Gasteiger partial charge in [0.15, 0.2) is 0 Å².